The first-order chi connectivity index (χ1) is 15.9. The second kappa shape index (κ2) is 10.4. The van der Waals surface area contributed by atoms with E-state index in [-0.39, 0.29) is 22.7 Å². The van der Waals surface area contributed by atoms with E-state index in [0.717, 1.165) is 25.7 Å². The predicted molar refractivity (Wildman–Crippen MR) is 131 cm³/mol. The molecule has 0 radical (unpaired) electrons. The van der Waals surface area contributed by atoms with E-state index in [1.165, 1.54) is 0 Å². The van der Waals surface area contributed by atoms with E-state index in [9.17, 15) is 25.2 Å². The average molecular weight is 473 g/mol. The van der Waals surface area contributed by atoms with Crippen LogP contribution in [0.25, 0.3) is 0 Å². The Morgan fingerprint density at radius 1 is 1.18 bits per heavy atom. The smallest absolute Gasteiger partial charge is 0.186 e. The molecular formula is C28H40O6. The number of ketones is 1. The van der Waals surface area contributed by atoms with Crippen LogP contribution in [-0.2, 0) is 9.53 Å². The fourth-order valence-corrected chi connectivity index (χ4v) is 5.99. The minimum Gasteiger partial charge on any atom is -0.396 e. The molecule has 0 amide bonds. The topological polar surface area (TPSA) is 107 Å². The van der Waals surface area contributed by atoms with Gasteiger partial charge in [-0.3, -0.25) is 4.79 Å². The van der Waals surface area contributed by atoms with Gasteiger partial charge in [-0.1, -0.05) is 58.4 Å². The van der Waals surface area contributed by atoms with Crippen LogP contribution >= 0.6 is 0 Å². The number of aliphatic hydroxyl groups excluding tert-OH is 3. The molecule has 1 heterocycles. The molecule has 34 heavy (non-hydrogen) atoms. The quantitative estimate of drug-likeness (QED) is 0.271. The van der Waals surface area contributed by atoms with E-state index < -0.39 is 36.4 Å². The minimum atomic E-state index is -1.63. The summed E-state index contributed by atoms with van der Waals surface area (Å²) in [6.07, 6.45) is 14.2. The molecule has 6 atom stereocenters. The van der Waals surface area contributed by atoms with Crippen molar-refractivity contribution in [3.05, 3.63) is 53.8 Å². The van der Waals surface area contributed by atoms with Crippen LogP contribution in [0.4, 0.5) is 0 Å². The Labute approximate surface area is 203 Å². The second-order valence-corrected chi connectivity index (χ2v) is 11.6. The van der Waals surface area contributed by atoms with Crippen molar-refractivity contribution in [2.75, 3.05) is 6.61 Å². The fraction of sp³-hybridized carbons (Fsp3) is 0.643. The van der Waals surface area contributed by atoms with Gasteiger partial charge in [0, 0.05) is 5.57 Å². The molecule has 0 aromatic carbocycles. The molecule has 6 nitrogen and oxygen atoms in total. The summed E-state index contributed by atoms with van der Waals surface area (Å²) in [4.78, 5) is 12.4. The summed E-state index contributed by atoms with van der Waals surface area (Å²) >= 11 is 0. The molecule has 0 spiro atoms. The van der Waals surface area contributed by atoms with Gasteiger partial charge in [0.1, 0.15) is 0 Å². The van der Waals surface area contributed by atoms with Gasteiger partial charge in [-0.05, 0) is 54.7 Å². The molecule has 1 aliphatic heterocycles. The van der Waals surface area contributed by atoms with Crippen LogP contribution in [0.15, 0.2) is 53.8 Å². The summed E-state index contributed by atoms with van der Waals surface area (Å²) in [6, 6.07) is 0. The number of hydrogen-bond donors (Lipinski definition) is 4. The molecule has 0 bridgehead atoms. The van der Waals surface area contributed by atoms with Crippen molar-refractivity contribution in [1.29, 1.82) is 0 Å². The zero-order valence-corrected chi connectivity index (χ0v) is 20.8. The van der Waals surface area contributed by atoms with Crippen LogP contribution in [0.3, 0.4) is 0 Å². The Morgan fingerprint density at radius 3 is 2.62 bits per heavy atom. The first-order valence-corrected chi connectivity index (χ1v) is 12.3. The van der Waals surface area contributed by atoms with Gasteiger partial charge >= 0.3 is 0 Å². The van der Waals surface area contributed by atoms with E-state index in [0.29, 0.717) is 12.0 Å². The summed E-state index contributed by atoms with van der Waals surface area (Å²) in [5.41, 5.74) is 3.65. The molecule has 1 saturated carbocycles. The third kappa shape index (κ3) is 5.88. The van der Waals surface area contributed by atoms with Gasteiger partial charge in [-0.15, -0.1) is 5.73 Å². The maximum absolute atomic E-state index is 12.4. The van der Waals surface area contributed by atoms with Gasteiger partial charge in [0.2, 0.25) is 0 Å². The van der Waals surface area contributed by atoms with Crippen LogP contribution in [0.5, 0.6) is 0 Å². The van der Waals surface area contributed by atoms with Gasteiger partial charge in [0.05, 0.1) is 36.8 Å². The number of aliphatic hydroxyl groups is 4. The van der Waals surface area contributed by atoms with Gasteiger partial charge in [-0.25, -0.2) is 0 Å². The first kappa shape index (κ1) is 26.8. The molecule has 3 aliphatic rings. The van der Waals surface area contributed by atoms with Crippen molar-refractivity contribution in [2.45, 2.75) is 83.9 Å². The van der Waals surface area contributed by atoms with Gasteiger partial charge in [0.25, 0.3) is 0 Å². The van der Waals surface area contributed by atoms with Crippen molar-refractivity contribution in [3.8, 4) is 0 Å². The molecule has 3 rings (SSSR count). The molecule has 6 heteroatoms. The van der Waals surface area contributed by atoms with Crippen molar-refractivity contribution in [3.63, 3.8) is 0 Å². The van der Waals surface area contributed by atoms with Crippen LogP contribution in [0.2, 0.25) is 0 Å². The average Bonchev–Trinajstić information content (AvgIpc) is 2.94. The number of fused-ring (bicyclic) bond motifs is 1. The number of hydrogen-bond acceptors (Lipinski definition) is 6. The van der Waals surface area contributed by atoms with E-state index in [2.05, 4.69) is 33.4 Å². The highest BCUT2D eigenvalue weighted by Crippen LogP contribution is 2.54. The van der Waals surface area contributed by atoms with E-state index in [4.69, 9.17) is 4.74 Å². The maximum atomic E-state index is 12.4. The Kier molecular flexibility index (Phi) is 8.24. The molecule has 2 fully saturated rings. The summed E-state index contributed by atoms with van der Waals surface area (Å²) < 4.78 is 5.66. The van der Waals surface area contributed by atoms with Crippen LogP contribution in [-0.4, -0.2) is 56.9 Å². The third-order valence-electron chi connectivity index (χ3n) is 7.42. The molecule has 188 valence electrons. The molecule has 2 aliphatic carbocycles. The number of carbonyl (C=O) groups excluding carboxylic acids is 1. The van der Waals surface area contributed by atoms with Gasteiger partial charge in [0.15, 0.2) is 11.6 Å². The van der Waals surface area contributed by atoms with E-state index in [1.807, 2.05) is 18.2 Å². The number of allylic oxidation sites excluding steroid dienone is 7. The highest BCUT2D eigenvalue weighted by Gasteiger charge is 2.69. The van der Waals surface area contributed by atoms with Crippen molar-refractivity contribution >= 4 is 5.78 Å². The number of rotatable bonds is 11. The molecule has 6 unspecified atom stereocenters. The predicted octanol–water partition coefficient (Wildman–Crippen LogP) is 3.37. The lowest BCUT2D eigenvalue weighted by Gasteiger charge is -2.50. The van der Waals surface area contributed by atoms with Crippen LogP contribution < -0.4 is 0 Å². The highest BCUT2D eigenvalue weighted by atomic mass is 16.7. The maximum Gasteiger partial charge on any atom is 0.186 e. The molecule has 1 saturated heterocycles. The Bertz CT molecular complexity index is 904. The lowest BCUT2D eigenvalue weighted by atomic mass is 9.70. The van der Waals surface area contributed by atoms with Crippen molar-refractivity contribution < 1.29 is 30.0 Å². The lowest BCUT2D eigenvalue weighted by molar-refractivity contribution is -0.381. The van der Waals surface area contributed by atoms with Crippen molar-refractivity contribution in [2.24, 2.45) is 22.7 Å². The molecular weight excluding hydrogens is 432 g/mol. The van der Waals surface area contributed by atoms with Crippen molar-refractivity contribution in [1.82, 2.24) is 0 Å². The first-order valence-electron chi connectivity index (χ1n) is 12.3. The van der Waals surface area contributed by atoms with Gasteiger partial charge < -0.3 is 25.2 Å². The summed E-state index contributed by atoms with van der Waals surface area (Å²) in [7, 11) is 0. The molecule has 0 aromatic rings. The largest absolute Gasteiger partial charge is 0.396 e. The number of carbonyl (C=O) groups is 1. The highest BCUT2D eigenvalue weighted by molar-refractivity contribution is 6.06. The van der Waals surface area contributed by atoms with Crippen LogP contribution in [0, 0.1) is 22.7 Å². The normalized spacial score (nSPS) is 33.1. The summed E-state index contributed by atoms with van der Waals surface area (Å²) in [5, 5.41) is 40.5. The zero-order valence-electron chi connectivity index (χ0n) is 20.8. The third-order valence-corrected chi connectivity index (χ3v) is 7.42. The molecule has 0 aromatic heterocycles. The Hall–Kier alpha value is -1.79. The Morgan fingerprint density at radius 2 is 1.91 bits per heavy atom. The summed E-state index contributed by atoms with van der Waals surface area (Å²) in [5.74, 6) is -3.09. The monoisotopic (exact) mass is 472 g/mol. The van der Waals surface area contributed by atoms with Crippen LogP contribution in [0.1, 0.15) is 59.8 Å². The van der Waals surface area contributed by atoms with E-state index >= 15 is 0 Å². The lowest BCUT2D eigenvalue weighted by Crippen LogP contribution is -2.62. The van der Waals surface area contributed by atoms with E-state index in [1.54, 1.807) is 24.3 Å². The van der Waals surface area contributed by atoms with Gasteiger partial charge in [-0.2, -0.15) is 0 Å². The zero-order chi connectivity index (χ0) is 25.1. The summed E-state index contributed by atoms with van der Waals surface area (Å²) in [6.45, 7) is 8.46. The standard InChI is InChI=1S/C28H40O6/c1-26(2,15-9-13-21(30)19-11-7-5-6-8-12-19)18-27(3,4)16-10-14-22-23-25(32)24(31)20(17-29)28(23,33)34-22/h5-7,9,11-13,20,22-25,29,31-33H,10,14-18H2,1-4H3/b13-9-. The Balaban J connectivity index is 1.45. The SMILES string of the molecule is CC(C)(C/C=C\C(=O)C1=CC=CC=C=C1)CC(C)(C)CCCC1OC2(O)C(CO)C(O)C(O)C12. The second-order valence-electron chi connectivity index (χ2n) is 11.6. The minimum absolute atomic E-state index is 0.0150. The molecule has 4 N–H and O–H groups in total. The fourth-order valence-electron chi connectivity index (χ4n) is 5.99. The number of ether oxygens (including phenoxy) is 1.